The maximum Gasteiger partial charge on any atom is 0.246 e. The average Bonchev–Trinajstić information content (AvgIpc) is 2.36. The molecule has 106 valence electrons. The van der Waals surface area contributed by atoms with E-state index in [1.165, 1.54) is 24.3 Å². The SMILES string of the molecule is CC1(C)C(=O)NC(=O)CN1CC(=O)c1ccc(O)cc1. The van der Waals surface area contributed by atoms with Gasteiger partial charge in [-0.15, -0.1) is 0 Å². The number of aromatic hydroxyl groups is 1. The molecular formula is C14H16N2O4. The zero-order chi connectivity index (χ0) is 14.9. The highest BCUT2D eigenvalue weighted by Gasteiger charge is 2.41. The lowest BCUT2D eigenvalue weighted by Crippen LogP contribution is -2.64. The van der Waals surface area contributed by atoms with E-state index < -0.39 is 17.4 Å². The number of amides is 2. The molecule has 1 saturated heterocycles. The first-order valence-corrected chi connectivity index (χ1v) is 6.22. The topological polar surface area (TPSA) is 86.7 Å². The second kappa shape index (κ2) is 5.05. The molecule has 1 aliphatic heterocycles. The molecule has 2 amide bonds. The molecule has 20 heavy (non-hydrogen) atoms. The first kappa shape index (κ1) is 14.2. The standard InChI is InChI=1S/C14H16N2O4/c1-14(2)13(20)15-12(19)8-16(14)7-11(18)9-3-5-10(17)6-4-9/h3-6,17H,7-8H2,1-2H3,(H,15,19,20). The molecule has 1 aromatic carbocycles. The van der Waals surface area contributed by atoms with Gasteiger partial charge in [-0.1, -0.05) is 0 Å². The number of nitrogens with one attached hydrogen (secondary N) is 1. The number of imide groups is 1. The van der Waals surface area contributed by atoms with Crippen LogP contribution in [0.3, 0.4) is 0 Å². The third-order valence-electron chi connectivity index (χ3n) is 3.46. The minimum atomic E-state index is -0.916. The molecule has 6 nitrogen and oxygen atoms in total. The quantitative estimate of drug-likeness (QED) is 0.613. The van der Waals surface area contributed by atoms with Crippen molar-refractivity contribution in [1.29, 1.82) is 0 Å². The van der Waals surface area contributed by atoms with Crippen molar-refractivity contribution in [2.45, 2.75) is 19.4 Å². The molecule has 0 spiro atoms. The van der Waals surface area contributed by atoms with E-state index in [9.17, 15) is 19.5 Å². The summed E-state index contributed by atoms with van der Waals surface area (Å²) < 4.78 is 0. The van der Waals surface area contributed by atoms with Gasteiger partial charge >= 0.3 is 0 Å². The summed E-state index contributed by atoms with van der Waals surface area (Å²) in [6, 6.07) is 5.87. The number of piperazine rings is 1. The highest BCUT2D eigenvalue weighted by molar-refractivity contribution is 6.04. The highest BCUT2D eigenvalue weighted by atomic mass is 16.3. The Hall–Kier alpha value is -2.21. The Morgan fingerprint density at radius 1 is 1.30 bits per heavy atom. The predicted octanol–water partition coefficient (Wildman–Crippen LogP) is 0.312. The van der Waals surface area contributed by atoms with Crippen LogP contribution >= 0.6 is 0 Å². The van der Waals surface area contributed by atoms with Gasteiger partial charge in [-0.25, -0.2) is 0 Å². The van der Waals surface area contributed by atoms with Crippen LogP contribution in [-0.4, -0.2) is 46.2 Å². The molecule has 2 rings (SSSR count). The predicted molar refractivity (Wildman–Crippen MR) is 71.2 cm³/mol. The van der Waals surface area contributed by atoms with Crippen LogP contribution in [0.5, 0.6) is 5.75 Å². The van der Waals surface area contributed by atoms with Crippen molar-refractivity contribution in [2.75, 3.05) is 13.1 Å². The lowest BCUT2D eigenvalue weighted by molar-refractivity contribution is -0.144. The summed E-state index contributed by atoms with van der Waals surface area (Å²) in [5.41, 5.74) is -0.488. The number of carbonyl (C=O) groups is 3. The molecule has 0 aromatic heterocycles. The van der Waals surface area contributed by atoms with Crippen molar-refractivity contribution in [3.8, 4) is 5.75 Å². The molecule has 0 radical (unpaired) electrons. The van der Waals surface area contributed by atoms with Gasteiger partial charge in [0.2, 0.25) is 11.8 Å². The fraction of sp³-hybridized carbons (Fsp3) is 0.357. The fourth-order valence-electron chi connectivity index (χ4n) is 2.00. The van der Waals surface area contributed by atoms with Gasteiger partial charge < -0.3 is 5.11 Å². The van der Waals surface area contributed by atoms with Gasteiger partial charge in [0.05, 0.1) is 18.6 Å². The lowest BCUT2D eigenvalue weighted by atomic mass is 9.97. The summed E-state index contributed by atoms with van der Waals surface area (Å²) in [5.74, 6) is -0.949. The number of hydrogen-bond donors (Lipinski definition) is 2. The zero-order valence-corrected chi connectivity index (χ0v) is 11.3. The van der Waals surface area contributed by atoms with Crippen molar-refractivity contribution in [2.24, 2.45) is 0 Å². The molecule has 2 N–H and O–H groups in total. The molecular weight excluding hydrogens is 260 g/mol. The summed E-state index contributed by atoms with van der Waals surface area (Å²) in [7, 11) is 0. The summed E-state index contributed by atoms with van der Waals surface area (Å²) in [6.07, 6.45) is 0. The Morgan fingerprint density at radius 3 is 2.50 bits per heavy atom. The van der Waals surface area contributed by atoms with E-state index in [-0.39, 0.29) is 24.6 Å². The molecule has 1 aliphatic rings. The van der Waals surface area contributed by atoms with Gasteiger partial charge in [-0.2, -0.15) is 0 Å². The summed E-state index contributed by atoms with van der Waals surface area (Å²) in [4.78, 5) is 36.9. The van der Waals surface area contributed by atoms with Crippen LogP contribution in [0.15, 0.2) is 24.3 Å². The summed E-state index contributed by atoms with van der Waals surface area (Å²) >= 11 is 0. The molecule has 0 aliphatic carbocycles. The van der Waals surface area contributed by atoms with Gasteiger partial charge in [0.25, 0.3) is 0 Å². The maximum atomic E-state index is 12.2. The van der Waals surface area contributed by atoms with Gasteiger partial charge in [-0.3, -0.25) is 24.6 Å². The van der Waals surface area contributed by atoms with Crippen LogP contribution in [-0.2, 0) is 9.59 Å². The minimum absolute atomic E-state index is 0.00254. The van der Waals surface area contributed by atoms with Crippen molar-refractivity contribution < 1.29 is 19.5 Å². The van der Waals surface area contributed by atoms with Crippen molar-refractivity contribution in [3.05, 3.63) is 29.8 Å². The van der Waals surface area contributed by atoms with Crippen LogP contribution in [0.25, 0.3) is 0 Å². The number of phenols is 1. The van der Waals surface area contributed by atoms with Crippen molar-refractivity contribution in [3.63, 3.8) is 0 Å². The Kier molecular flexibility index (Phi) is 3.59. The number of nitrogens with zero attached hydrogens (tertiary/aromatic N) is 1. The minimum Gasteiger partial charge on any atom is -0.508 e. The number of carbonyl (C=O) groups excluding carboxylic acids is 3. The largest absolute Gasteiger partial charge is 0.508 e. The van der Waals surface area contributed by atoms with Gasteiger partial charge in [0.1, 0.15) is 5.75 Å². The second-order valence-electron chi connectivity index (χ2n) is 5.26. The molecule has 1 heterocycles. The van der Waals surface area contributed by atoms with Crippen LogP contribution in [0.2, 0.25) is 0 Å². The maximum absolute atomic E-state index is 12.2. The smallest absolute Gasteiger partial charge is 0.246 e. The number of hydrogen-bond acceptors (Lipinski definition) is 5. The molecule has 1 fully saturated rings. The van der Waals surface area contributed by atoms with E-state index in [4.69, 9.17) is 0 Å². The Morgan fingerprint density at radius 2 is 1.90 bits per heavy atom. The normalized spacial score (nSPS) is 18.7. The van der Waals surface area contributed by atoms with E-state index in [1.54, 1.807) is 18.7 Å². The molecule has 0 saturated carbocycles. The first-order chi connectivity index (χ1) is 9.30. The van der Waals surface area contributed by atoms with E-state index in [1.807, 2.05) is 0 Å². The Balaban J connectivity index is 2.15. The molecule has 6 heteroatoms. The van der Waals surface area contributed by atoms with Crippen molar-refractivity contribution >= 4 is 17.6 Å². The number of ketones is 1. The Bertz CT molecular complexity index is 563. The fourth-order valence-corrected chi connectivity index (χ4v) is 2.00. The van der Waals surface area contributed by atoms with Crippen LogP contribution in [0.4, 0.5) is 0 Å². The van der Waals surface area contributed by atoms with Crippen molar-refractivity contribution in [1.82, 2.24) is 10.2 Å². The van der Waals surface area contributed by atoms with Crippen LogP contribution in [0.1, 0.15) is 24.2 Å². The second-order valence-corrected chi connectivity index (χ2v) is 5.26. The monoisotopic (exact) mass is 276 g/mol. The van der Waals surface area contributed by atoms with E-state index in [0.29, 0.717) is 5.56 Å². The molecule has 0 atom stereocenters. The third kappa shape index (κ3) is 2.70. The number of benzene rings is 1. The Labute approximate surface area is 116 Å². The molecule has 0 unspecified atom stereocenters. The van der Waals surface area contributed by atoms with E-state index in [0.717, 1.165) is 0 Å². The van der Waals surface area contributed by atoms with Gasteiger partial charge in [0.15, 0.2) is 5.78 Å². The molecule has 1 aromatic rings. The van der Waals surface area contributed by atoms with Crippen LogP contribution < -0.4 is 5.32 Å². The average molecular weight is 276 g/mol. The molecule has 0 bridgehead atoms. The number of rotatable bonds is 3. The van der Waals surface area contributed by atoms with E-state index >= 15 is 0 Å². The summed E-state index contributed by atoms with van der Waals surface area (Å²) in [5, 5.41) is 11.4. The highest BCUT2D eigenvalue weighted by Crippen LogP contribution is 2.19. The lowest BCUT2D eigenvalue weighted by Gasteiger charge is -2.39. The zero-order valence-electron chi connectivity index (χ0n) is 11.3. The van der Waals surface area contributed by atoms with Gasteiger partial charge in [0, 0.05) is 5.56 Å². The van der Waals surface area contributed by atoms with E-state index in [2.05, 4.69) is 5.32 Å². The summed E-state index contributed by atoms with van der Waals surface area (Å²) in [6.45, 7) is 3.30. The number of phenolic OH excluding ortho intramolecular Hbond substituents is 1. The van der Waals surface area contributed by atoms with Crippen LogP contribution in [0, 0.1) is 0 Å². The van der Waals surface area contributed by atoms with Gasteiger partial charge in [-0.05, 0) is 38.1 Å². The number of Topliss-reactive ketones (excluding diaryl/α,β-unsaturated/α-hetero) is 1. The first-order valence-electron chi connectivity index (χ1n) is 6.22. The third-order valence-corrected chi connectivity index (χ3v) is 3.46.